The summed E-state index contributed by atoms with van der Waals surface area (Å²) < 4.78 is 5.64. The maximum atomic E-state index is 12.3. The fourth-order valence-electron chi connectivity index (χ4n) is 4.42. The molecule has 1 aromatic heterocycles. The number of carbonyl (C=O) groups excluding carboxylic acids is 2. The highest BCUT2D eigenvalue weighted by Crippen LogP contribution is 2.49. The number of aromatic nitrogens is 1. The first kappa shape index (κ1) is 17.5. The maximum Gasteiger partial charge on any atom is 0.248 e. The topological polar surface area (TPSA) is 94.3 Å². The Kier molecular flexibility index (Phi) is 4.79. The number of hydrogen-bond acceptors (Lipinski definition) is 4. The van der Waals surface area contributed by atoms with Gasteiger partial charge in [-0.3, -0.25) is 9.59 Å². The lowest BCUT2D eigenvalue weighted by molar-refractivity contribution is -0.117. The number of hydrogen-bond donors (Lipinski definition) is 2. The van der Waals surface area contributed by atoms with Gasteiger partial charge in [-0.25, -0.2) is 4.98 Å². The summed E-state index contributed by atoms with van der Waals surface area (Å²) >= 11 is 0. The Morgan fingerprint density at radius 2 is 2.07 bits per heavy atom. The summed E-state index contributed by atoms with van der Waals surface area (Å²) in [5, 5.41) is 2.93. The fraction of sp³-hybridized carbons (Fsp3) is 0.381. The van der Waals surface area contributed by atoms with E-state index < -0.39 is 5.91 Å². The normalized spacial score (nSPS) is 23.2. The quantitative estimate of drug-likeness (QED) is 0.815. The molecule has 2 aromatic rings. The van der Waals surface area contributed by atoms with Gasteiger partial charge < -0.3 is 15.8 Å². The number of benzene rings is 1. The molecule has 4 rings (SSSR count). The second kappa shape index (κ2) is 7.39. The number of fused-ring (bicyclic) bond motifs is 2. The van der Waals surface area contributed by atoms with E-state index >= 15 is 0 Å². The van der Waals surface area contributed by atoms with E-state index in [0.29, 0.717) is 35.2 Å². The van der Waals surface area contributed by atoms with Crippen molar-refractivity contribution in [2.75, 3.05) is 5.32 Å². The minimum atomic E-state index is -0.512. The van der Waals surface area contributed by atoms with Crippen LogP contribution in [-0.4, -0.2) is 16.8 Å². The molecule has 3 N–H and O–H groups in total. The Bertz CT molecular complexity index is 850. The average molecular weight is 365 g/mol. The van der Waals surface area contributed by atoms with E-state index in [1.165, 1.54) is 25.7 Å². The van der Waals surface area contributed by atoms with Crippen LogP contribution < -0.4 is 15.8 Å². The van der Waals surface area contributed by atoms with Gasteiger partial charge in [0.25, 0.3) is 0 Å². The van der Waals surface area contributed by atoms with Gasteiger partial charge in [-0.2, -0.15) is 0 Å². The Morgan fingerprint density at radius 3 is 2.74 bits per heavy atom. The molecule has 2 amide bonds. The Morgan fingerprint density at radius 1 is 1.19 bits per heavy atom. The number of nitrogens with two attached hydrogens (primary N) is 1. The molecule has 6 nitrogen and oxygen atoms in total. The van der Waals surface area contributed by atoms with Crippen LogP contribution in [0.15, 0.2) is 42.6 Å². The average Bonchev–Trinajstić information content (AvgIpc) is 3.26. The summed E-state index contributed by atoms with van der Waals surface area (Å²) in [6.07, 6.45) is 7.31. The molecule has 2 aliphatic carbocycles. The van der Waals surface area contributed by atoms with Gasteiger partial charge in [0.15, 0.2) is 0 Å². The molecule has 0 spiro atoms. The van der Waals surface area contributed by atoms with Crippen molar-refractivity contribution >= 4 is 17.5 Å². The van der Waals surface area contributed by atoms with Gasteiger partial charge in [-0.1, -0.05) is 12.5 Å². The van der Waals surface area contributed by atoms with Gasteiger partial charge in [0.2, 0.25) is 17.7 Å². The van der Waals surface area contributed by atoms with Crippen LogP contribution in [0.3, 0.4) is 0 Å². The number of ether oxygens (including phenoxy) is 1. The van der Waals surface area contributed by atoms with Gasteiger partial charge in [0.05, 0.1) is 11.9 Å². The molecule has 3 atom stereocenters. The van der Waals surface area contributed by atoms with Crippen LogP contribution in [0.5, 0.6) is 11.6 Å². The number of nitrogens with zero attached hydrogens (tertiary/aromatic N) is 1. The van der Waals surface area contributed by atoms with Crippen LogP contribution in [0.2, 0.25) is 0 Å². The van der Waals surface area contributed by atoms with Crippen LogP contribution in [0, 0.1) is 17.8 Å². The molecule has 1 aromatic carbocycles. The molecule has 0 radical (unpaired) electrons. The molecule has 140 valence electrons. The van der Waals surface area contributed by atoms with E-state index in [9.17, 15) is 9.59 Å². The van der Waals surface area contributed by atoms with Gasteiger partial charge >= 0.3 is 0 Å². The fourth-order valence-corrected chi connectivity index (χ4v) is 4.42. The second-order valence-electron chi connectivity index (χ2n) is 7.57. The minimum Gasteiger partial charge on any atom is -0.439 e. The van der Waals surface area contributed by atoms with Crippen molar-refractivity contribution in [3.05, 3.63) is 48.2 Å². The third kappa shape index (κ3) is 4.10. The second-order valence-corrected chi connectivity index (χ2v) is 7.57. The predicted octanol–water partition coefficient (Wildman–Crippen LogP) is 3.74. The first-order valence-electron chi connectivity index (χ1n) is 9.40. The summed E-state index contributed by atoms with van der Waals surface area (Å²) in [4.78, 5) is 27.8. The van der Waals surface area contributed by atoms with Gasteiger partial charge in [-0.15, -0.1) is 0 Å². The molecule has 2 aliphatic rings. The number of primary amides is 1. The smallest absolute Gasteiger partial charge is 0.248 e. The number of pyridine rings is 1. The lowest BCUT2D eigenvalue weighted by Crippen LogP contribution is -2.20. The zero-order valence-electron chi connectivity index (χ0n) is 15.1. The Labute approximate surface area is 158 Å². The van der Waals surface area contributed by atoms with Crippen molar-refractivity contribution in [2.24, 2.45) is 23.5 Å². The van der Waals surface area contributed by atoms with Crippen molar-refractivity contribution in [1.82, 2.24) is 4.98 Å². The van der Waals surface area contributed by atoms with Gasteiger partial charge in [-0.05, 0) is 61.3 Å². The lowest BCUT2D eigenvalue weighted by atomic mass is 9.86. The Balaban J connectivity index is 1.32. The van der Waals surface area contributed by atoms with Crippen molar-refractivity contribution in [3.8, 4) is 11.6 Å². The SMILES string of the molecule is NC(=O)c1cccc(Oc2ccc(NC(=O)C[C@@H]3C[C@H]4CC[C@H]3C4)cn2)c1. The van der Waals surface area contributed by atoms with Crippen LogP contribution in [0.25, 0.3) is 0 Å². The molecule has 0 aliphatic heterocycles. The minimum absolute atomic E-state index is 0.0529. The van der Waals surface area contributed by atoms with Crippen LogP contribution >= 0.6 is 0 Å². The molecular weight excluding hydrogens is 342 g/mol. The summed E-state index contributed by atoms with van der Waals surface area (Å²) in [6, 6.07) is 10.0. The van der Waals surface area contributed by atoms with Crippen molar-refractivity contribution in [1.29, 1.82) is 0 Å². The van der Waals surface area contributed by atoms with Crippen LogP contribution in [-0.2, 0) is 4.79 Å². The van der Waals surface area contributed by atoms with E-state index in [-0.39, 0.29) is 5.91 Å². The molecule has 6 heteroatoms. The zero-order valence-corrected chi connectivity index (χ0v) is 15.1. The molecule has 0 saturated heterocycles. The number of amides is 2. The third-order valence-corrected chi connectivity index (χ3v) is 5.69. The molecule has 2 saturated carbocycles. The number of carbonyl (C=O) groups is 2. The van der Waals surface area contributed by atoms with E-state index in [1.54, 1.807) is 42.6 Å². The number of anilines is 1. The first-order chi connectivity index (χ1) is 13.1. The van der Waals surface area contributed by atoms with Crippen LogP contribution in [0.1, 0.15) is 42.5 Å². The monoisotopic (exact) mass is 365 g/mol. The third-order valence-electron chi connectivity index (χ3n) is 5.69. The Hall–Kier alpha value is -2.89. The molecule has 27 heavy (non-hydrogen) atoms. The lowest BCUT2D eigenvalue weighted by Gasteiger charge is -2.20. The van der Waals surface area contributed by atoms with E-state index in [1.807, 2.05) is 0 Å². The number of rotatable bonds is 6. The highest BCUT2D eigenvalue weighted by atomic mass is 16.5. The van der Waals surface area contributed by atoms with Crippen molar-refractivity contribution in [3.63, 3.8) is 0 Å². The van der Waals surface area contributed by atoms with Gasteiger partial charge in [0, 0.05) is 18.1 Å². The van der Waals surface area contributed by atoms with E-state index in [0.717, 1.165) is 11.8 Å². The molecule has 2 bridgehead atoms. The van der Waals surface area contributed by atoms with E-state index in [4.69, 9.17) is 10.5 Å². The predicted molar refractivity (Wildman–Crippen MR) is 101 cm³/mol. The standard InChI is InChI=1S/C21H23N3O3/c22-21(26)15-2-1-3-18(10-15)27-20-7-6-17(12-23-20)24-19(25)11-16-9-13-4-5-14(16)8-13/h1-3,6-7,10,12-14,16H,4-5,8-9,11H2,(H2,22,26)(H,24,25)/t13-,14-,16-/m0/s1. The summed E-state index contributed by atoms with van der Waals surface area (Å²) in [6.45, 7) is 0. The zero-order chi connectivity index (χ0) is 18.8. The van der Waals surface area contributed by atoms with Gasteiger partial charge in [0.1, 0.15) is 5.75 Å². The number of nitrogens with one attached hydrogen (secondary N) is 1. The molecule has 0 unspecified atom stereocenters. The van der Waals surface area contributed by atoms with Crippen molar-refractivity contribution < 1.29 is 14.3 Å². The highest BCUT2D eigenvalue weighted by molar-refractivity contribution is 5.93. The summed E-state index contributed by atoms with van der Waals surface area (Å²) in [5.74, 6) is 2.52. The molecular formula is C21H23N3O3. The van der Waals surface area contributed by atoms with Crippen molar-refractivity contribution in [2.45, 2.75) is 32.1 Å². The highest BCUT2D eigenvalue weighted by Gasteiger charge is 2.40. The van der Waals surface area contributed by atoms with E-state index in [2.05, 4.69) is 10.3 Å². The summed E-state index contributed by atoms with van der Waals surface area (Å²) in [7, 11) is 0. The molecule has 2 fully saturated rings. The summed E-state index contributed by atoms with van der Waals surface area (Å²) in [5.41, 5.74) is 6.30. The maximum absolute atomic E-state index is 12.3. The molecule has 1 heterocycles. The first-order valence-corrected chi connectivity index (χ1v) is 9.40. The largest absolute Gasteiger partial charge is 0.439 e. The van der Waals surface area contributed by atoms with Crippen LogP contribution in [0.4, 0.5) is 5.69 Å².